The van der Waals surface area contributed by atoms with E-state index in [9.17, 15) is 4.79 Å². The molecular formula is C28H18N2O3. The number of hydrogen-bond donors (Lipinski definition) is 0. The van der Waals surface area contributed by atoms with Crippen molar-refractivity contribution in [2.24, 2.45) is 0 Å². The predicted octanol–water partition coefficient (Wildman–Crippen LogP) is 6.17. The largest absolute Gasteiger partial charge is 0.457 e. The van der Waals surface area contributed by atoms with E-state index in [1.54, 1.807) is 30.3 Å². The van der Waals surface area contributed by atoms with Crippen LogP contribution in [0.5, 0.6) is 11.5 Å². The van der Waals surface area contributed by atoms with E-state index in [1.165, 1.54) is 12.1 Å². The number of rotatable bonds is 6. The smallest absolute Gasteiger partial charge is 0.339 e. The highest BCUT2D eigenvalue weighted by Crippen LogP contribution is 2.28. The highest BCUT2D eigenvalue weighted by molar-refractivity contribution is 5.89. The summed E-state index contributed by atoms with van der Waals surface area (Å²) in [5, 5.41) is 18.2. The van der Waals surface area contributed by atoms with Crippen LogP contribution in [0.15, 0.2) is 103 Å². The molecule has 0 aromatic heterocycles. The summed E-state index contributed by atoms with van der Waals surface area (Å²) in [5.74, 6) is 0.460. The number of carbonyl (C=O) groups excluding carboxylic acids is 1. The molecule has 0 heterocycles. The van der Waals surface area contributed by atoms with Crippen molar-refractivity contribution in [2.75, 3.05) is 0 Å². The zero-order chi connectivity index (χ0) is 23.0. The van der Waals surface area contributed by atoms with Crippen molar-refractivity contribution < 1.29 is 14.3 Å². The maximum absolute atomic E-state index is 12.9. The minimum absolute atomic E-state index is 0.239. The molecule has 33 heavy (non-hydrogen) atoms. The minimum atomic E-state index is -0.529. The van der Waals surface area contributed by atoms with E-state index >= 15 is 0 Å². The van der Waals surface area contributed by atoms with E-state index in [4.69, 9.17) is 20.0 Å². The molecule has 0 atom stereocenters. The number of esters is 1. The molecule has 0 aliphatic heterocycles. The lowest BCUT2D eigenvalue weighted by Gasteiger charge is -2.19. The third-order valence-electron chi connectivity index (χ3n) is 4.99. The molecule has 0 N–H and O–H groups in total. The summed E-state index contributed by atoms with van der Waals surface area (Å²) < 4.78 is 11.6. The summed E-state index contributed by atoms with van der Waals surface area (Å²) >= 11 is 0. The summed E-state index contributed by atoms with van der Waals surface area (Å²) in [7, 11) is 0. The Bertz CT molecular complexity index is 1300. The van der Waals surface area contributed by atoms with Gasteiger partial charge in [0, 0.05) is 0 Å². The fraction of sp³-hybridized carbons (Fsp3) is 0.0357. The average molecular weight is 430 g/mol. The van der Waals surface area contributed by atoms with Gasteiger partial charge < -0.3 is 9.47 Å². The first-order valence-electron chi connectivity index (χ1n) is 10.2. The molecule has 0 saturated carbocycles. The van der Waals surface area contributed by atoms with Crippen LogP contribution in [0.2, 0.25) is 0 Å². The Labute approximate surface area is 191 Å². The summed E-state index contributed by atoms with van der Waals surface area (Å²) in [6.07, 6.45) is -0.529. The Balaban J connectivity index is 1.51. The fourth-order valence-corrected chi connectivity index (χ4v) is 3.33. The molecule has 5 heteroatoms. The zero-order valence-corrected chi connectivity index (χ0v) is 17.5. The Morgan fingerprint density at radius 3 is 1.76 bits per heavy atom. The van der Waals surface area contributed by atoms with E-state index in [1.807, 2.05) is 72.8 Å². The van der Waals surface area contributed by atoms with Crippen LogP contribution in [-0.2, 0) is 4.74 Å². The molecule has 0 spiro atoms. The van der Waals surface area contributed by atoms with Gasteiger partial charge in [-0.2, -0.15) is 10.5 Å². The van der Waals surface area contributed by atoms with Gasteiger partial charge in [-0.25, -0.2) is 4.79 Å². The number of hydrogen-bond acceptors (Lipinski definition) is 5. The van der Waals surface area contributed by atoms with Gasteiger partial charge in [0.05, 0.1) is 16.7 Å². The molecule has 0 aliphatic carbocycles. The minimum Gasteiger partial charge on any atom is -0.457 e. The number of ether oxygens (including phenoxy) is 2. The monoisotopic (exact) mass is 430 g/mol. The number of nitriles is 2. The average Bonchev–Trinajstić information content (AvgIpc) is 2.88. The van der Waals surface area contributed by atoms with Crippen LogP contribution >= 0.6 is 0 Å². The number of carbonyl (C=O) groups is 1. The van der Waals surface area contributed by atoms with Gasteiger partial charge in [-0.3, -0.25) is 0 Å². The maximum atomic E-state index is 12.9. The fourth-order valence-electron chi connectivity index (χ4n) is 3.33. The molecule has 4 aromatic carbocycles. The SMILES string of the molecule is N#Cc1ccc(Oc2ccc(C(=O)OC(c3ccccc3)c3ccccc3)cc2)cc1C#N. The van der Waals surface area contributed by atoms with Gasteiger partial charge in [-0.05, 0) is 53.6 Å². The van der Waals surface area contributed by atoms with Gasteiger partial charge in [0.25, 0.3) is 0 Å². The lowest BCUT2D eigenvalue weighted by molar-refractivity contribution is 0.0378. The van der Waals surface area contributed by atoms with Gasteiger partial charge in [-0.1, -0.05) is 60.7 Å². The van der Waals surface area contributed by atoms with Crippen LogP contribution in [0.1, 0.15) is 38.7 Å². The van der Waals surface area contributed by atoms with Gasteiger partial charge in [-0.15, -0.1) is 0 Å². The molecule has 0 amide bonds. The van der Waals surface area contributed by atoms with E-state index in [0.717, 1.165) is 11.1 Å². The third kappa shape index (κ3) is 5.07. The summed E-state index contributed by atoms with van der Waals surface area (Å²) in [6, 6.07) is 34.3. The predicted molar refractivity (Wildman–Crippen MR) is 123 cm³/mol. The van der Waals surface area contributed by atoms with Crippen LogP contribution in [0.3, 0.4) is 0 Å². The Morgan fingerprint density at radius 1 is 0.667 bits per heavy atom. The summed E-state index contributed by atoms with van der Waals surface area (Å²) in [4.78, 5) is 12.9. The van der Waals surface area contributed by atoms with Crippen LogP contribution in [0.25, 0.3) is 0 Å². The molecule has 0 unspecified atom stereocenters. The highest BCUT2D eigenvalue weighted by Gasteiger charge is 2.20. The molecule has 4 rings (SSSR count). The first-order valence-corrected chi connectivity index (χ1v) is 10.2. The maximum Gasteiger partial charge on any atom is 0.339 e. The van der Waals surface area contributed by atoms with E-state index < -0.39 is 12.1 Å². The topological polar surface area (TPSA) is 83.1 Å². The van der Waals surface area contributed by atoms with Crippen LogP contribution in [-0.4, -0.2) is 5.97 Å². The van der Waals surface area contributed by atoms with Crippen molar-refractivity contribution in [1.29, 1.82) is 10.5 Å². The molecule has 0 aliphatic rings. The van der Waals surface area contributed by atoms with Crippen molar-refractivity contribution in [3.05, 3.63) is 131 Å². The van der Waals surface area contributed by atoms with Crippen molar-refractivity contribution in [1.82, 2.24) is 0 Å². The highest BCUT2D eigenvalue weighted by atomic mass is 16.5. The Morgan fingerprint density at radius 2 is 1.21 bits per heavy atom. The van der Waals surface area contributed by atoms with Gasteiger partial charge >= 0.3 is 5.97 Å². The Hall–Kier alpha value is -4.87. The number of nitrogens with zero attached hydrogens (tertiary/aromatic N) is 2. The van der Waals surface area contributed by atoms with E-state index in [2.05, 4.69) is 0 Å². The third-order valence-corrected chi connectivity index (χ3v) is 4.99. The molecule has 4 aromatic rings. The zero-order valence-electron chi connectivity index (χ0n) is 17.5. The lowest BCUT2D eigenvalue weighted by atomic mass is 10.0. The summed E-state index contributed by atoms with van der Waals surface area (Å²) in [5.41, 5.74) is 2.67. The quantitative estimate of drug-likeness (QED) is 0.342. The Kier molecular flexibility index (Phi) is 6.45. The lowest BCUT2D eigenvalue weighted by Crippen LogP contribution is -2.13. The molecule has 0 radical (unpaired) electrons. The molecule has 0 fully saturated rings. The van der Waals surface area contributed by atoms with E-state index in [-0.39, 0.29) is 11.1 Å². The summed E-state index contributed by atoms with van der Waals surface area (Å²) in [6.45, 7) is 0. The molecule has 0 saturated heterocycles. The molecule has 5 nitrogen and oxygen atoms in total. The van der Waals surface area contributed by atoms with Gasteiger partial charge in [0.15, 0.2) is 6.10 Å². The second kappa shape index (κ2) is 9.96. The first-order chi connectivity index (χ1) is 16.2. The molecular weight excluding hydrogens is 412 g/mol. The second-order valence-corrected chi connectivity index (χ2v) is 7.16. The van der Waals surface area contributed by atoms with Crippen molar-refractivity contribution in [2.45, 2.75) is 6.10 Å². The normalized spacial score (nSPS) is 10.2. The van der Waals surface area contributed by atoms with Gasteiger partial charge in [0.2, 0.25) is 0 Å². The standard InChI is InChI=1S/C28H18N2O3/c29-18-23-13-16-26(17-24(23)19-30)32-25-14-11-22(12-15-25)28(31)33-27(20-7-3-1-4-8-20)21-9-5-2-6-10-21/h1-17,27H. The van der Waals surface area contributed by atoms with Crippen LogP contribution < -0.4 is 4.74 Å². The van der Waals surface area contributed by atoms with Crippen LogP contribution in [0, 0.1) is 22.7 Å². The second-order valence-electron chi connectivity index (χ2n) is 7.16. The van der Waals surface area contributed by atoms with Gasteiger partial charge in [0.1, 0.15) is 23.6 Å². The van der Waals surface area contributed by atoms with Crippen molar-refractivity contribution >= 4 is 5.97 Å². The number of benzene rings is 4. The van der Waals surface area contributed by atoms with Crippen LogP contribution in [0.4, 0.5) is 0 Å². The van der Waals surface area contributed by atoms with E-state index in [0.29, 0.717) is 17.1 Å². The van der Waals surface area contributed by atoms with Crippen molar-refractivity contribution in [3.8, 4) is 23.6 Å². The first kappa shape index (κ1) is 21.4. The molecule has 0 bridgehead atoms. The van der Waals surface area contributed by atoms with Crippen molar-refractivity contribution in [3.63, 3.8) is 0 Å². The molecule has 158 valence electrons.